The van der Waals surface area contributed by atoms with Crippen LogP contribution >= 0.6 is 23.1 Å². The van der Waals surface area contributed by atoms with E-state index in [0.717, 1.165) is 16.6 Å². The van der Waals surface area contributed by atoms with E-state index in [2.05, 4.69) is 16.9 Å². The van der Waals surface area contributed by atoms with Crippen molar-refractivity contribution in [2.45, 2.75) is 37.3 Å². The molecule has 25 heavy (non-hydrogen) atoms. The summed E-state index contributed by atoms with van der Waals surface area (Å²) in [6.45, 7) is 2.25. The van der Waals surface area contributed by atoms with Crippen molar-refractivity contribution in [1.29, 1.82) is 0 Å². The number of ketones is 1. The lowest BCUT2D eigenvalue weighted by Crippen LogP contribution is -2.06. The molecule has 2 N–H and O–H groups in total. The fourth-order valence-corrected chi connectivity index (χ4v) is 5.54. The van der Waals surface area contributed by atoms with E-state index in [1.807, 2.05) is 30.3 Å². The highest BCUT2D eigenvalue weighted by molar-refractivity contribution is 7.99. The zero-order valence-corrected chi connectivity index (χ0v) is 15.6. The second-order valence-corrected chi connectivity index (χ2v) is 8.41. The van der Waals surface area contributed by atoms with E-state index in [-0.39, 0.29) is 5.78 Å². The third-order valence-electron chi connectivity index (χ3n) is 4.63. The molecule has 0 amide bonds. The van der Waals surface area contributed by atoms with Gasteiger partial charge in [0.25, 0.3) is 0 Å². The minimum Gasteiger partial charge on any atom is -0.383 e. The summed E-state index contributed by atoms with van der Waals surface area (Å²) in [6.07, 6.45) is 3.52. The fourth-order valence-electron chi connectivity index (χ4n) is 3.40. The van der Waals surface area contributed by atoms with E-state index in [1.165, 1.54) is 35.0 Å². The Morgan fingerprint density at radius 2 is 2.12 bits per heavy atom. The fraction of sp³-hybridized carbons (Fsp3) is 0.316. The van der Waals surface area contributed by atoms with Crippen LogP contribution in [0.3, 0.4) is 0 Å². The molecule has 0 spiro atoms. The van der Waals surface area contributed by atoms with Gasteiger partial charge in [0.1, 0.15) is 10.6 Å². The molecule has 2 aromatic heterocycles. The maximum atomic E-state index is 12.3. The number of hydrogen-bond acceptors (Lipinski definition) is 6. The normalized spacial score (nSPS) is 16.8. The number of Topliss-reactive ketones (excluding diaryl/α,β-unsaturated/α-hetero) is 1. The minimum atomic E-state index is 0.0759. The Bertz CT molecular complexity index is 937. The van der Waals surface area contributed by atoms with E-state index >= 15 is 0 Å². The molecule has 6 heteroatoms. The number of benzene rings is 1. The molecule has 0 aliphatic heterocycles. The monoisotopic (exact) mass is 369 g/mol. The first-order valence-corrected chi connectivity index (χ1v) is 10.2. The number of anilines is 1. The average molecular weight is 370 g/mol. The number of thiophene rings is 1. The molecule has 4 rings (SSSR count). The molecule has 0 saturated heterocycles. The van der Waals surface area contributed by atoms with Gasteiger partial charge >= 0.3 is 0 Å². The summed E-state index contributed by atoms with van der Waals surface area (Å²) in [6, 6.07) is 9.30. The number of nitrogens with zero attached hydrogens (tertiary/aromatic N) is 2. The van der Waals surface area contributed by atoms with Crippen molar-refractivity contribution in [3.8, 4) is 0 Å². The second-order valence-electron chi connectivity index (χ2n) is 6.38. The predicted molar refractivity (Wildman–Crippen MR) is 105 cm³/mol. The van der Waals surface area contributed by atoms with Gasteiger partial charge in [0.2, 0.25) is 0 Å². The Balaban J connectivity index is 1.60. The number of fused-ring (bicyclic) bond motifs is 3. The van der Waals surface area contributed by atoms with Crippen LogP contribution in [0.4, 0.5) is 5.82 Å². The number of carbonyl (C=O) groups is 1. The Labute approximate surface area is 154 Å². The molecule has 1 aliphatic carbocycles. The van der Waals surface area contributed by atoms with Gasteiger partial charge < -0.3 is 5.73 Å². The van der Waals surface area contributed by atoms with Crippen LogP contribution < -0.4 is 5.73 Å². The van der Waals surface area contributed by atoms with Crippen molar-refractivity contribution in [1.82, 2.24) is 9.97 Å². The quantitative estimate of drug-likeness (QED) is 0.410. The highest BCUT2D eigenvalue weighted by atomic mass is 32.2. The van der Waals surface area contributed by atoms with E-state index in [4.69, 9.17) is 5.73 Å². The molecule has 2 heterocycles. The van der Waals surface area contributed by atoms with E-state index in [9.17, 15) is 4.79 Å². The molecule has 0 saturated carbocycles. The molecule has 0 bridgehead atoms. The average Bonchev–Trinajstić information content (AvgIpc) is 3.00. The minimum absolute atomic E-state index is 0.0759. The third kappa shape index (κ3) is 3.16. The summed E-state index contributed by atoms with van der Waals surface area (Å²) >= 11 is 3.09. The van der Waals surface area contributed by atoms with E-state index in [1.54, 1.807) is 11.3 Å². The van der Waals surface area contributed by atoms with Crippen LogP contribution in [0.25, 0.3) is 10.2 Å². The van der Waals surface area contributed by atoms with Gasteiger partial charge in [0.05, 0.1) is 11.1 Å². The number of carbonyl (C=O) groups excluding carboxylic acids is 1. The summed E-state index contributed by atoms with van der Waals surface area (Å²) < 4.78 is 0. The van der Waals surface area contributed by atoms with Crippen LogP contribution in [0.2, 0.25) is 0 Å². The number of nitrogens with two attached hydrogens (primary N) is 1. The van der Waals surface area contributed by atoms with Gasteiger partial charge in [-0.3, -0.25) is 4.79 Å². The van der Waals surface area contributed by atoms with Gasteiger partial charge in [-0.05, 0) is 30.7 Å². The van der Waals surface area contributed by atoms with E-state index < -0.39 is 0 Å². The Morgan fingerprint density at radius 3 is 2.92 bits per heavy atom. The van der Waals surface area contributed by atoms with Crippen LogP contribution in [0, 0.1) is 0 Å². The number of aromatic nitrogens is 2. The number of thioether (sulfide) groups is 1. The molecule has 1 atom stereocenters. The third-order valence-corrected chi connectivity index (χ3v) is 6.64. The van der Waals surface area contributed by atoms with Gasteiger partial charge in [-0.25, -0.2) is 9.97 Å². The van der Waals surface area contributed by atoms with Crippen molar-refractivity contribution < 1.29 is 4.79 Å². The molecule has 0 unspecified atom stereocenters. The lowest BCUT2D eigenvalue weighted by molar-refractivity contribution is 0.102. The van der Waals surface area contributed by atoms with Crippen molar-refractivity contribution in [2.24, 2.45) is 0 Å². The van der Waals surface area contributed by atoms with Gasteiger partial charge in [-0.15, -0.1) is 11.3 Å². The Kier molecular flexibility index (Phi) is 4.48. The highest BCUT2D eigenvalue weighted by Gasteiger charge is 2.25. The Morgan fingerprint density at radius 1 is 1.32 bits per heavy atom. The van der Waals surface area contributed by atoms with Crippen molar-refractivity contribution in [3.05, 3.63) is 46.3 Å². The van der Waals surface area contributed by atoms with Gasteiger partial charge in [0, 0.05) is 10.4 Å². The number of rotatable bonds is 4. The zero-order valence-electron chi connectivity index (χ0n) is 14.0. The predicted octanol–water partition coefficient (Wildman–Crippen LogP) is 4.69. The number of hydrogen-bond donors (Lipinski definition) is 1. The van der Waals surface area contributed by atoms with Crippen LogP contribution in [0.5, 0.6) is 0 Å². The molecule has 0 fully saturated rings. The van der Waals surface area contributed by atoms with Gasteiger partial charge in [-0.1, -0.05) is 49.0 Å². The van der Waals surface area contributed by atoms with Crippen molar-refractivity contribution in [3.63, 3.8) is 0 Å². The largest absolute Gasteiger partial charge is 0.383 e. The topological polar surface area (TPSA) is 68.9 Å². The van der Waals surface area contributed by atoms with Crippen LogP contribution in [-0.2, 0) is 6.42 Å². The zero-order chi connectivity index (χ0) is 17.4. The number of nitrogen functional groups attached to an aromatic ring is 1. The second kappa shape index (κ2) is 6.77. The first kappa shape index (κ1) is 16.5. The van der Waals surface area contributed by atoms with Crippen molar-refractivity contribution >= 4 is 44.9 Å². The van der Waals surface area contributed by atoms with Crippen LogP contribution in [-0.4, -0.2) is 21.5 Å². The molecule has 1 aliphatic rings. The molecular formula is C19H19N3OS2. The summed E-state index contributed by atoms with van der Waals surface area (Å²) in [5.41, 5.74) is 8.32. The van der Waals surface area contributed by atoms with Gasteiger partial charge in [-0.2, -0.15) is 0 Å². The molecule has 4 nitrogen and oxygen atoms in total. The first-order valence-electron chi connectivity index (χ1n) is 8.43. The van der Waals surface area contributed by atoms with Gasteiger partial charge in [0.15, 0.2) is 10.9 Å². The molecule has 128 valence electrons. The lowest BCUT2D eigenvalue weighted by Gasteiger charge is -2.18. The maximum absolute atomic E-state index is 12.3. The lowest BCUT2D eigenvalue weighted by atomic mass is 9.87. The SMILES string of the molecule is C[C@H]1CCCc2sc3nc(SCC(=O)c4ccccc4)nc(N)c3c21. The van der Waals surface area contributed by atoms with Crippen molar-refractivity contribution in [2.75, 3.05) is 11.5 Å². The van der Waals surface area contributed by atoms with E-state index in [0.29, 0.717) is 28.2 Å². The standard InChI is InChI=1S/C19H19N3OS2/c1-11-6-5-9-14-15(11)16-17(20)21-19(22-18(16)25-14)24-10-13(23)12-7-3-2-4-8-12/h2-4,7-8,11H,5-6,9-10H2,1H3,(H2,20,21,22)/t11-/m0/s1. The molecule has 1 aromatic carbocycles. The maximum Gasteiger partial charge on any atom is 0.191 e. The summed E-state index contributed by atoms with van der Waals surface area (Å²) in [5, 5.41) is 1.62. The first-order chi connectivity index (χ1) is 12.1. The smallest absolute Gasteiger partial charge is 0.191 e. The van der Waals surface area contributed by atoms with Crippen LogP contribution in [0.15, 0.2) is 35.5 Å². The molecule has 0 radical (unpaired) electrons. The summed E-state index contributed by atoms with van der Waals surface area (Å²) in [5.74, 6) is 1.45. The highest BCUT2D eigenvalue weighted by Crippen LogP contribution is 2.43. The summed E-state index contributed by atoms with van der Waals surface area (Å²) in [7, 11) is 0. The summed E-state index contributed by atoms with van der Waals surface area (Å²) in [4.78, 5) is 23.8. The van der Waals surface area contributed by atoms with Crippen LogP contribution in [0.1, 0.15) is 46.5 Å². The number of aryl methyl sites for hydroxylation is 1. The molecular weight excluding hydrogens is 350 g/mol. The Hall–Kier alpha value is -1.92. The molecule has 3 aromatic rings.